The molecule has 42 heavy (non-hydrogen) atoms. The molecule has 12 heteroatoms. The number of hydrogen-bond donors (Lipinski definition) is 2. The molecule has 2 fully saturated rings. The van der Waals surface area contributed by atoms with Gasteiger partial charge in [0.05, 0.1) is 17.8 Å². The Morgan fingerprint density at radius 1 is 0.833 bits per heavy atom. The highest BCUT2D eigenvalue weighted by Gasteiger charge is 2.47. The molecule has 2 aliphatic carbocycles. The molecule has 5 rings (SSSR count). The average molecular weight is 581 g/mol. The largest absolute Gasteiger partial charge is 0.344 e. The summed E-state index contributed by atoms with van der Waals surface area (Å²) < 4.78 is 27.0. The average Bonchev–Trinajstić information content (AvgIpc) is 3.84. The quantitative estimate of drug-likeness (QED) is 0.438. The summed E-state index contributed by atoms with van der Waals surface area (Å²) in [5.74, 6) is -6.31. The lowest BCUT2D eigenvalue weighted by Gasteiger charge is -2.24. The van der Waals surface area contributed by atoms with Crippen LogP contribution in [0.5, 0.6) is 0 Å². The summed E-state index contributed by atoms with van der Waals surface area (Å²) in [5.41, 5.74) is 0.191. The van der Waals surface area contributed by atoms with Gasteiger partial charge in [-0.2, -0.15) is 0 Å². The van der Waals surface area contributed by atoms with Gasteiger partial charge in [-0.3, -0.25) is 28.8 Å². The minimum Gasteiger partial charge on any atom is -0.344 e. The highest BCUT2D eigenvalue weighted by molar-refractivity contribution is 6.33. The number of para-hydroxylation sites is 2. The maximum absolute atomic E-state index is 13.8. The van der Waals surface area contributed by atoms with Crippen molar-refractivity contribution in [2.45, 2.75) is 64.0 Å². The Hall–Kier alpha value is -4.48. The Morgan fingerprint density at radius 2 is 1.31 bits per heavy atom. The van der Waals surface area contributed by atoms with Crippen LogP contribution in [0.4, 0.5) is 20.2 Å². The number of carbonyl (C=O) groups is 6. The van der Waals surface area contributed by atoms with Gasteiger partial charge >= 0.3 is 0 Å². The Kier molecular flexibility index (Phi) is 8.15. The Morgan fingerprint density at radius 3 is 1.76 bits per heavy atom. The minimum atomic E-state index is -1.92. The van der Waals surface area contributed by atoms with E-state index in [4.69, 9.17) is 0 Å². The maximum Gasteiger partial charge on any atom is 0.266 e. The molecule has 3 aliphatic rings. The van der Waals surface area contributed by atoms with Crippen LogP contribution in [0.2, 0.25) is 0 Å². The van der Waals surface area contributed by atoms with E-state index in [-0.39, 0.29) is 41.6 Å². The van der Waals surface area contributed by atoms with Crippen LogP contribution < -0.4 is 20.4 Å². The summed E-state index contributed by atoms with van der Waals surface area (Å²) in [5, 5.41) is 4.70. The van der Waals surface area contributed by atoms with Gasteiger partial charge in [-0.05, 0) is 74.3 Å². The molecule has 0 bridgehead atoms. The van der Waals surface area contributed by atoms with Crippen LogP contribution in [0, 0.1) is 23.5 Å². The van der Waals surface area contributed by atoms with Gasteiger partial charge in [-0.1, -0.05) is 12.1 Å². The third-order valence-electron chi connectivity index (χ3n) is 7.46. The smallest absolute Gasteiger partial charge is 0.266 e. The number of amides is 6. The minimum absolute atomic E-state index is 0.0409. The van der Waals surface area contributed by atoms with Gasteiger partial charge < -0.3 is 10.6 Å². The van der Waals surface area contributed by atoms with Gasteiger partial charge in [0, 0.05) is 18.9 Å². The van der Waals surface area contributed by atoms with E-state index in [1.807, 2.05) is 0 Å². The molecule has 1 aliphatic heterocycles. The zero-order chi connectivity index (χ0) is 30.1. The van der Waals surface area contributed by atoms with Crippen LogP contribution in [0.3, 0.4) is 0 Å². The van der Waals surface area contributed by atoms with Crippen LogP contribution in [0.15, 0.2) is 42.5 Å². The predicted octanol–water partition coefficient (Wildman–Crippen LogP) is 2.53. The summed E-state index contributed by atoms with van der Waals surface area (Å²) >= 11 is 0. The van der Waals surface area contributed by atoms with E-state index >= 15 is 0 Å². The Bertz CT molecular complexity index is 1390. The first-order valence-corrected chi connectivity index (χ1v) is 13.9. The molecule has 2 aromatic rings. The first-order valence-electron chi connectivity index (χ1n) is 13.9. The number of carbonyl (C=O) groups excluding carboxylic acids is 6. The normalized spacial score (nSPS) is 17.8. The van der Waals surface area contributed by atoms with Crippen molar-refractivity contribution in [2.24, 2.45) is 11.8 Å². The molecule has 0 radical (unpaired) electrons. The fraction of sp³-hybridized carbons (Fsp3) is 0.400. The fourth-order valence-corrected chi connectivity index (χ4v) is 4.93. The van der Waals surface area contributed by atoms with Crippen LogP contribution in [-0.4, -0.2) is 47.5 Å². The number of imide groups is 2. The Balaban J connectivity index is 1.38. The fourth-order valence-electron chi connectivity index (χ4n) is 4.93. The van der Waals surface area contributed by atoms with E-state index < -0.39 is 65.6 Å². The molecule has 2 saturated carbocycles. The van der Waals surface area contributed by atoms with E-state index in [9.17, 15) is 37.5 Å². The standard InChI is InChI=1S/C30H30F2N4O6/c1-16(33-24(37)12-19-10-20(31)15-21(32)11-19)28(40)34-27-29(41)35(25(38)13-17-6-7-17)22-4-2-3-5-23(22)36(30(27)42)26(39)14-18-8-9-18/h2-5,10-11,15-18,27H,6-9,12-14H2,1H3,(H,33,37)(H,34,40)/t16-/m0/s1. The molecule has 2 aromatic carbocycles. The molecular weight excluding hydrogens is 550 g/mol. The zero-order valence-electron chi connectivity index (χ0n) is 22.9. The third kappa shape index (κ3) is 6.53. The summed E-state index contributed by atoms with van der Waals surface area (Å²) in [6.07, 6.45) is 3.03. The third-order valence-corrected chi connectivity index (χ3v) is 7.46. The van der Waals surface area contributed by atoms with Gasteiger partial charge in [-0.15, -0.1) is 0 Å². The lowest BCUT2D eigenvalue weighted by atomic mass is 10.1. The molecule has 10 nitrogen and oxygen atoms in total. The van der Waals surface area contributed by atoms with E-state index in [1.165, 1.54) is 19.1 Å². The van der Waals surface area contributed by atoms with Crippen molar-refractivity contribution in [1.82, 2.24) is 10.6 Å². The monoisotopic (exact) mass is 580 g/mol. The van der Waals surface area contributed by atoms with Crippen LogP contribution >= 0.6 is 0 Å². The number of rotatable bonds is 9. The second-order valence-corrected chi connectivity index (χ2v) is 11.1. The number of hydrogen-bond acceptors (Lipinski definition) is 6. The second kappa shape index (κ2) is 11.8. The number of nitrogens with one attached hydrogen (secondary N) is 2. The van der Waals surface area contributed by atoms with Gasteiger partial charge in [0.1, 0.15) is 17.7 Å². The molecular formula is C30H30F2N4O6. The van der Waals surface area contributed by atoms with Crippen molar-refractivity contribution in [2.75, 3.05) is 9.80 Å². The topological polar surface area (TPSA) is 133 Å². The number of nitrogens with zero attached hydrogens (tertiary/aromatic N) is 2. The van der Waals surface area contributed by atoms with Gasteiger partial charge in [0.15, 0.2) is 6.04 Å². The van der Waals surface area contributed by atoms with Crippen LogP contribution in [-0.2, 0) is 35.2 Å². The van der Waals surface area contributed by atoms with Crippen molar-refractivity contribution in [1.29, 1.82) is 0 Å². The second-order valence-electron chi connectivity index (χ2n) is 11.1. The van der Waals surface area contributed by atoms with E-state index in [1.54, 1.807) is 12.1 Å². The highest BCUT2D eigenvalue weighted by Crippen LogP contribution is 2.39. The molecule has 0 saturated heterocycles. The molecule has 220 valence electrons. The number of halogens is 2. The number of anilines is 2. The van der Waals surface area contributed by atoms with Gasteiger partial charge in [0.25, 0.3) is 11.8 Å². The predicted molar refractivity (Wildman–Crippen MR) is 146 cm³/mol. The van der Waals surface area contributed by atoms with Crippen LogP contribution in [0.25, 0.3) is 0 Å². The molecule has 0 unspecified atom stereocenters. The van der Waals surface area contributed by atoms with E-state index in [0.29, 0.717) is 6.07 Å². The molecule has 0 spiro atoms. The van der Waals surface area contributed by atoms with Gasteiger partial charge in [0.2, 0.25) is 23.6 Å². The van der Waals surface area contributed by atoms with E-state index in [2.05, 4.69) is 10.6 Å². The summed E-state index contributed by atoms with van der Waals surface area (Å²) in [6, 6.07) is 5.53. The molecule has 0 aromatic heterocycles. The first kappa shape index (κ1) is 29.0. The van der Waals surface area contributed by atoms with Crippen molar-refractivity contribution >= 4 is 46.8 Å². The lowest BCUT2D eigenvalue weighted by Crippen LogP contribution is -2.60. The molecule has 1 atom stereocenters. The number of fused-ring (bicyclic) bond motifs is 1. The van der Waals surface area contributed by atoms with Crippen LogP contribution in [0.1, 0.15) is 51.0 Å². The van der Waals surface area contributed by atoms with Crippen molar-refractivity contribution < 1.29 is 37.5 Å². The Labute approximate surface area is 240 Å². The highest BCUT2D eigenvalue weighted by atomic mass is 19.1. The lowest BCUT2D eigenvalue weighted by molar-refractivity contribution is -0.137. The van der Waals surface area contributed by atoms with Crippen molar-refractivity contribution in [3.8, 4) is 0 Å². The maximum atomic E-state index is 13.8. The zero-order valence-corrected chi connectivity index (χ0v) is 22.9. The summed E-state index contributed by atoms with van der Waals surface area (Å²) in [7, 11) is 0. The van der Waals surface area contributed by atoms with Crippen molar-refractivity contribution in [3.05, 3.63) is 59.7 Å². The molecule has 6 amide bonds. The summed E-state index contributed by atoms with van der Waals surface area (Å²) in [4.78, 5) is 81.7. The first-order chi connectivity index (χ1) is 20.0. The van der Waals surface area contributed by atoms with Crippen molar-refractivity contribution in [3.63, 3.8) is 0 Å². The van der Waals surface area contributed by atoms with E-state index in [0.717, 1.165) is 47.6 Å². The molecule has 2 N–H and O–H groups in total. The molecule has 1 heterocycles. The van der Waals surface area contributed by atoms with Gasteiger partial charge in [-0.25, -0.2) is 18.6 Å². The summed E-state index contributed by atoms with van der Waals surface area (Å²) in [6.45, 7) is 1.30. The number of benzene rings is 2. The SMILES string of the molecule is C[C@H](NC(=O)Cc1cc(F)cc(F)c1)C(=O)NC1C(=O)N(C(=O)CC2CC2)c2ccccc2N(C(=O)CC2CC2)C1=O.